The Hall–Kier alpha value is -0.650. The lowest BCUT2D eigenvalue weighted by Gasteiger charge is -2.07. The van der Waals surface area contributed by atoms with Gasteiger partial charge in [0.25, 0.3) is 0 Å². The molecule has 0 atom stereocenters. The van der Waals surface area contributed by atoms with Gasteiger partial charge in [0.15, 0.2) is 0 Å². The summed E-state index contributed by atoms with van der Waals surface area (Å²) in [5.74, 6) is 10.9. The highest BCUT2D eigenvalue weighted by Gasteiger charge is 2.01. The van der Waals surface area contributed by atoms with E-state index < -0.39 is 0 Å². The smallest absolute Gasteiger partial charge is 0.219 e. The van der Waals surface area contributed by atoms with Gasteiger partial charge in [0.1, 0.15) is 6.54 Å². The second-order valence-corrected chi connectivity index (χ2v) is 5.61. The number of nitrogens with two attached hydrogens (primary N) is 2. The Bertz CT molecular complexity index is 222. The number of carbonyl (C=O) groups excluding carboxylic acids is 1. The van der Waals surface area contributed by atoms with Crippen LogP contribution in [0.4, 0.5) is 0 Å². The van der Waals surface area contributed by atoms with Crippen molar-refractivity contribution in [3.05, 3.63) is 0 Å². The molecule has 0 rings (SSSR count). The molecule has 0 bridgehead atoms. The predicted octanol–water partition coefficient (Wildman–Crippen LogP) is 1.05. The van der Waals surface area contributed by atoms with E-state index in [1.165, 1.54) is 51.4 Å². The molecule has 0 aliphatic carbocycles. The first-order valence-corrected chi connectivity index (χ1v) is 8.30. The van der Waals surface area contributed by atoms with Crippen LogP contribution in [0, 0.1) is 0 Å². The van der Waals surface area contributed by atoms with E-state index in [-0.39, 0.29) is 5.91 Å². The molecule has 120 valence electrons. The van der Waals surface area contributed by atoms with Crippen LogP contribution < -0.4 is 22.1 Å². The highest BCUT2D eigenvalue weighted by molar-refractivity contribution is 5.75. The molecular formula is C15H35N4O+. The summed E-state index contributed by atoms with van der Waals surface area (Å²) in [6, 6.07) is 0. The van der Waals surface area contributed by atoms with E-state index in [1.54, 1.807) is 0 Å². The van der Waals surface area contributed by atoms with E-state index in [0.29, 0.717) is 24.6 Å². The molecule has 0 spiro atoms. The van der Waals surface area contributed by atoms with Crippen molar-refractivity contribution in [1.82, 2.24) is 5.32 Å². The second kappa shape index (κ2) is 14.8. The molecule has 1 amide bonds. The van der Waals surface area contributed by atoms with E-state index in [9.17, 15) is 4.79 Å². The van der Waals surface area contributed by atoms with Crippen molar-refractivity contribution >= 4 is 5.91 Å². The number of unbranched alkanes of at least 4 members (excludes halogenated alkanes) is 8. The maximum atomic E-state index is 11.5. The summed E-state index contributed by atoms with van der Waals surface area (Å²) in [5.41, 5.74) is 0. The van der Waals surface area contributed by atoms with Crippen LogP contribution in [-0.2, 0) is 4.79 Å². The topological polar surface area (TPSA) is 85.6 Å². The van der Waals surface area contributed by atoms with Crippen LogP contribution in [0.15, 0.2) is 0 Å². The molecule has 0 aliphatic heterocycles. The summed E-state index contributed by atoms with van der Waals surface area (Å²) in [7, 11) is 0. The number of rotatable bonds is 14. The molecule has 0 heterocycles. The second-order valence-electron chi connectivity index (χ2n) is 5.61. The molecule has 0 aromatic heterocycles. The minimum Gasteiger partial charge on any atom is -0.356 e. The zero-order valence-electron chi connectivity index (χ0n) is 13.3. The molecule has 0 radical (unpaired) electrons. The van der Waals surface area contributed by atoms with Gasteiger partial charge in [-0.25, -0.2) is 0 Å². The number of carbonyl (C=O) groups is 1. The van der Waals surface area contributed by atoms with Gasteiger partial charge in [-0.3, -0.25) is 4.79 Å². The first-order valence-electron chi connectivity index (χ1n) is 8.30. The third-order valence-electron chi connectivity index (χ3n) is 3.47. The fraction of sp³-hybridized carbons (Fsp3) is 0.933. The summed E-state index contributed by atoms with van der Waals surface area (Å²) in [6.45, 7) is 3.60. The molecule has 0 unspecified atom stereocenters. The predicted molar refractivity (Wildman–Crippen MR) is 83.7 cm³/mol. The number of nitrogens with one attached hydrogen (secondary N) is 2. The normalized spacial score (nSPS) is 11.0. The van der Waals surface area contributed by atoms with Crippen molar-refractivity contribution in [1.29, 1.82) is 0 Å². The van der Waals surface area contributed by atoms with Gasteiger partial charge in [0.05, 0.1) is 0 Å². The third-order valence-corrected chi connectivity index (χ3v) is 3.47. The van der Waals surface area contributed by atoms with Gasteiger partial charge < -0.3 is 5.32 Å². The number of hydrogen-bond acceptors (Lipinski definition) is 3. The van der Waals surface area contributed by atoms with Crippen LogP contribution in [0.5, 0.6) is 0 Å². The van der Waals surface area contributed by atoms with E-state index in [0.717, 1.165) is 12.8 Å². The van der Waals surface area contributed by atoms with E-state index in [1.807, 2.05) is 0 Å². The van der Waals surface area contributed by atoms with Gasteiger partial charge >= 0.3 is 0 Å². The fourth-order valence-electron chi connectivity index (χ4n) is 2.20. The molecule has 0 saturated carbocycles. The van der Waals surface area contributed by atoms with Gasteiger partial charge in [-0.15, -0.1) is 0 Å². The minimum absolute atomic E-state index is 0.156. The number of hydrogen-bond donors (Lipinski definition) is 4. The maximum absolute atomic E-state index is 11.5. The summed E-state index contributed by atoms with van der Waals surface area (Å²) in [6.07, 6.45) is 13.0. The van der Waals surface area contributed by atoms with Gasteiger partial charge in [-0.2, -0.15) is 16.8 Å². The van der Waals surface area contributed by atoms with Gasteiger partial charge in [0.2, 0.25) is 5.91 Å². The SMILES string of the molecule is CCCCCCCCCCCC(=O)NCCC[NH+](N)N. The lowest BCUT2D eigenvalue weighted by atomic mass is 10.1. The molecule has 5 heteroatoms. The number of amides is 1. The van der Waals surface area contributed by atoms with E-state index in [2.05, 4.69) is 12.2 Å². The maximum Gasteiger partial charge on any atom is 0.219 e. The zero-order chi connectivity index (χ0) is 15.1. The standard InChI is InChI=1S/C15H34N4O/c1-2-3-4-5-6-7-8-9-10-12-15(20)18-13-11-14-19(16)17/h2-14,16-17H2,1H3,(H,18,20)/p+1. The Morgan fingerprint density at radius 2 is 1.45 bits per heavy atom. The third kappa shape index (κ3) is 15.4. The first-order chi connectivity index (χ1) is 9.66. The lowest BCUT2D eigenvalue weighted by Crippen LogP contribution is -3.23. The average Bonchev–Trinajstić information content (AvgIpc) is 2.41. The minimum atomic E-state index is 0.156. The summed E-state index contributed by atoms with van der Waals surface area (Å²) < 4.78 is 0. The molecule has 20 heavy (non-hydrogen) atoms. The molecule has 0 saturated heterocycles. The molecular weight excluding hydrogens is 252 g/mol. The molecule has 0 aromatic carbocycles. The van der Waals surface area contributed by atoms with E-state index >= 15 is 0 Å². The van der Waals surface area contributed by atoms with Crippen LogP contribution in [0.1, 0.15) is 77.6 Å². The van der Waals surface area contributed by atoms with Crippen molar-refractivity contribution < 1.29 is 9.91 Å². The molecule has 6 N–H and O–H groups in total. The van der Waals surface area contributed by atoms with Crippen LogP contribution in [-0.4, -0.2) is 19.0 Å². The Kier molecular flexibility index (Phi) is 14.3. The van der Waals surface area contributed by atoms with Crippen molar-refractivity contribution in [2.24, 2.45) is 11.7 Å². The van der Waals surface area contributed by atoms with Crippen LogP contribution >= 0.6 is 0 Å². The van der Waals surface area contributed by atoms with Gasteiger partial charge in [0, 0.05) is 19.4 Å². The number of quaternary nitrogens is 1. The highest BCUT2D eigenvalue weighted by atomic mass is 16.1. The average molecular weight is 287 g/mol. The Morgan fingerprint density at radius 3 is 2.00 bits per heavy atom. The van der Waals surface area contributed by atoms with Crippen molar-refractivity contribution in [3.63, 3.8) is 0 Å². The lowest BCUT2D eigenvalue weighted by molar-refractivity contribution is -0.925. The van der Waals surface area contributed by atoms with Crippen molar-refractivity contribution in [2.75, 3.05) is 13.1 Å². The van der Waals surface area contributed by atoms with Crippen molar-refractivity contribution in [2.45, 2.75) is 77.6 Å². The Balaban J connectivity index is 3.15. The van der Waals surface area contributed by atoms with Gasteiger partial charge in [-0.1, -0.05) is 58.3 Å². The zero-order valence-corrected chi connectivity index (χ0v) is 13.3. The molecule has 0 aliphatic rings. The fourth-order valence-corrected chi connectivity index (χ4v) is 2.20. The summed E-state index contributed by atoms with van der Waals surface area (Å²) >= 11 is 0. The highest BCUT2D eigenvalue weighted by Crippen LogP contribution is 2.10. The van der Waals surface area contributed by atoms with E-state index in [4.69, 9.17) is 11.7 Å². The Labute approximate surface area is 124 Å². The van der Waals surface area contributed by atoms with Crippen LogP contribution in [0.2, 0.25) is 0 Å². The molecule has 0 aromatic rings. The molecule has 5 nitrogen and oxygen atoms in total. The van der Waals surface area contributed by atoms with Crippen molar-refractivity contribution in [3.8, 4) is 0 Å². The summed E-state index contributed by atoms with van der Waals surface area (Å²) in [4.78, 5) is 11.5. The summed E-state index contributed by atoms with van der Waals surface area (Å²) in [5, 5.41) is 3.34. The monoisotopic (exact) mass is 287 g/mol. The van der Waals surface area contributed by atoms with Gasteiger partial charge in [-0.05, 0) is 6.42 Å². The largest absolute Gasteiger partial charge is 0.356 e. The first kappa shape index (κ1) is 19.4. The quantitative estimate of drug-likeness (QED) is 0.219. The van der Waals surface area contributed by atoms with Crippen LogP contribution in [0.3, 0.4) is 0 Å². The Morgan fingerprint density at radius 1 is 0.900 bits per heavy atom. The van der Waals surface area contributed by atoms with Crippen LogP contribution in [0.25, 0.3) is 0 Å². The molecule has 0 fully saturated rings.